The van der Waals surface area contributed by atoms with Crippen LogP contribution in [0, 0.1) is 75.0 Å². The standard InChI is InChI=1S/C11H14F2.C11H13N.C10H13Cl.C10H12F2.C10H13F.C9H10F3N.C9H11F/c1-7(2)9-5-4-8(3)10(6-9)11(12)13;1-8(2)10-5-4-9(3)11(6-10)7-12;1-7(2)9-5-4-8(3)10(11)6-9;1-6(2)8-4-9(11)7(3)10(12)5-8;1-7(2)9-5-4-8(3)10(11)6-9;1-5(2)6-3-4-13-8(7(6)10)9(11)12;1-7(2)8-3-5-9(10)6-4-8/h4-7,11H,1-3H3;4-6,8H,1-3H3;4-7H,1-3H3;4-6H,1-3H3;4-7H,1-3H3;3-5,9H,1-2H3;3-7H,1-2H3. The van der Waals surface area contributed by atoms with Gasteiger partial charge in [-0.05, 0) is 192 Å². The summed E-state index contributed by atoms with van der Waals surface area (Å²) < 4.78 is 114. The highest BCUT2D eigenvalue weighted by atomic mass is 35.5. The van der Waals surface area contributed by atoms with E-state index < -0.39 is 36.0 Å². The largest absolute Gasteiger partial charge is 0.283 e. The van der Waals surface area contributed by atoms with E-state index in [9.17, 15) is 39.5 Å². The molecule has 1 aromatic heterocycles. The molecule has 12 heteroatoms. The highest BCUT2D eigenvalue weighted by molar-refractivity contribution is 6.31. The van der Waals surface area contributed by atoms with Crippen molar-refractivity contribution in [3.63, 3.8) is 0 Å². The van der Waals surface area contributed by atoms with E-state index in [1.807, 2.05) is 90.1 Å². The van der Waals surface area contributed by atoms with Gasteiger partial charge in [-0.2, -0.15) is 5.26 Å². The second-order valence-corrected chi connectivity index (χ2v) is 22.7. The van der Waals surface area contributed by atoms with Crippen LogP contribution in [0.2, 0.25) is 5.02 Å². The van der Waals surface area contributed by atoms with Gasteiger partial charge in [-0.1, -0.05) is 169 Å². The first-order chi connectivity index (χ1) is 38.1. The van der Waals surface area contributed by atoms with Crippen LogP contribution in [0.15, 0.2) is 121 Å². The number of pyridine rings is 1. The highest BCUT2D eigenvalue weighted by Gasteiger charge is 2.19. The second-order valence-electron chi connectivity index (χ2n) is 22.3. The van der Waals surface area contributed by atoms with E-state index in [0.29, 0.717) is 40.7 Å². The summed E-state index contributed by atoms with van der Waals surface area (Å²) in [7, 11) is 0. The molecule has 0 amide bonds. The number of hydrogen-bond acceptors (Lipinski definition) is 2. The lowest BCUT2D eigenvalue weighted by molar-refractivity contribution is 0.140. The molecular weight excluding hydrogens is 1080 g/mol. The van der Waals surface area contributed by atoms with Gasteiger partial charge in [-0.25, -0.2) is 39.5 Å². The molecule has 0 bridgehead atoms. The lowest BCUT2D eigenvalue weighted by atomic mass is 9.98. The molecule has 0 aliphatic rings. The van der Waals surface area contributed by atoms with Gasteiger partial charge < -0.3 is 0 Å². The van der Waals surface area contributed by atoms with Crippen LogP contribution in [0.1, 0.15) is 235 Å². The Kier molecular flexibility index (Phi) is 32.6. The summed E-state index contributed by atoms with van der Waals surface area (Å²) in [6, 6.07) is 36.0. The third-order valence-electron chi connectivity index (χ3n) is 13.3. The third kappa shape index (κ3) is 25.4. The number of aryl methyl sites for hydroxylation is 4. The predicted molar refractivity (Wildman–Crippen MR) is 325 cm³/mol. The van der Waals surface area contributed by atoms with E-state index in [0.717, 1.165) is 38.4 Å². The Morgan fingerprint density at radius 2 is 0.780 bits per heavy atom. The fourth-order valence-electron chi connectivity index (χ4n) is 7.23. The Labute approximate surface area is 490 Å². The number of benzene rings is 6. The van der Waals surface area contributed by atoms with E-state index >= 15 is 0 Å². The van der Waals surface area contributed by atoms with Crippen LogP contribution >= 0.6 is 11.6 Å². The lowest BCUT2D eigenvalue weighted by Gasteiger charge is -2.10. The molecule has 0 saturated carbocycles. The molecule has 6 aromatic carbocycles. The van der Waals surface area contributed by atoms with Crippen molar-refractivity contribution >= 4 is 11.6 Å². The van der Waals surface area contributed by atoms with Crippen LogP contribution in [-0.2, 0) is 0 Å². The average molecular weight is 1160 g/mol. The maximum absolute atomic E-state index is 13.2. The van der Waals surface area contributed by atoms with Crippen LogP contribution in [0.5, 0.6) is 0 Å². The zero-order chi connectivity index (χ0) is 62.9. The molecule has 0 aliphatic heterocycles. The number of aromatic nitrogens is 1. The van der Waals surface area contributed by atoms with Crippen LogP contribution in [-0.4, -0.2) is 4.98 Å². The molecule has 1 heterocycles. The van der Waals surface area contributed by atoms with Gasteiger partial charge in [0, 0.05) is 22.3 Å². The summed E-state index contributed by atoms with van der Waals surface area (Å²) in [4.78, 5) is 3.30. The molecule has 2 nitrogen and oxygen atoms in total. The average Bonchev–Trinajstić information content (AvgIpc) is 3.47. The maximum atomic E-state index is 13.2. The van der Waals surface area contributed by atoms with Crippen LogP contribution in [0.3, 0.4) is 0 Å². The molecule has 82 heavy (non-hydrogen) atoms. The van der Waals surface area contributed by atoms with Gasteiger partial charge in [0.1, 0.15) is 29.0 Å². The summed E-state index contributed by atoms with van der Waals surface area (Å²) in [6.45, 7) is 37.1. The SMILES string of the molecule is CC(C)c1ccc(F)cc1.CC(C)c1ccnc(C(F)F)c1F.Cc1c(F)cc(C(C)C)cc1F.Cc1ccc(C(C)C)cc1C#N.Cc1ccc(C(C)C)cc1C(F)F.Cc1ccc(C(C)C)cc1Cl.Cc1ccc(C(C)C)cc1F. The van der Waals surface area contributed by atoms with Crippen LogP contribution in [0.25, 0.3) is 0 Å². The Bertz CT molecular complexity index is 2950. The minimum atomic E-state index is -2.85. The lowest BCUT2D eigenvalue weighted by Crippen LogP contribution is -2.01. The molecule has 0 atom stereocenters. The molecule has 0 spiro atoms. The molecule has 0 saturated heterocycles. The summed E-state index contributed by atoms with van der Waals surface area (Å²) in [5.74, 6) is 0.246. The maximum Gasteiger partial charge on any atom is 0.283 e. The monoisotopic (exact) mass is 1160 g/mol. The molecule has 7 aromatic rings. The van der Waals surface area contributed by atoms with Crippen molar-refractivity contribution in [1.29, 1.82) is 5.26 Å². The van der Waals surface area contributed by atoms with E-state index in [2.05, 4.69) is 84.6 Å². The summed E-state index contributed by atoms with van der Waals surface area (Å²) in [5, 5.41) is 9.65. The fraction of sp³-hybridized carbons (Fsp3) is 0.400. The molecule has 0 unspecified atom stereocenters. The molecule has 0 aliphatic carbocycles. The van der Waals surface area contributed by atoms with E-state index in [1.54, 1.807) is 45.9 Å². The van der Waals surface area contributed by atoms with E-state index in [4.69, 9.17) is 16.9 Å². The number of rotatable bonds is 9. The van der Waals surface area contributed by atoms with Crippen molar-refractivity contribution < 1.29 is 39.5 Å². The zero-order valence-corrected chi connectivity index (χ0v) is 52.2. The van der Waals surface area contributed by atoms with Crippen molar-refractivity contribution in [1.82, 2.24) is 4.98 Å². The zero-order valence-electron chi connectivity index (χ0n) is 51.4. The van der Waals surface area contributed by atoms with E-state index in [1.165, 1.54) is 60.1 Å². The Hall–Kier alpha value is -6.38. The normalized spacial score (nSPS) is 10.7. The minimum absolute atomic E-state index is 0.0967. The number of alkyl halides is 4. The van der Waals surface area contributed by atoms with Gasteiger partial charge in [-0.3, -0.25) is 4.98 Å². The minimum Gasteiger partial charge on any atom is -0.252 e. The molecular formula is C70H86ClF9N2. The van der Waals surface area contributed by atoms with Gasteiger partial charge in [0.25, 0.3) is 12.9 Å². The van der Waals surface area contributed by atoms with Crippen molar-refractivity contribution in [2.24, 2.45) is 0 Å². The number of nitriles is 1. The van der Waals surface area contributed by atoms with Crippen molar-refractivity contribution in [3.05, 3.63) is 239 Å². The topological polar surface area (TPSA) is 36.7 Å². The van der Waals surface area contributed by atoms with Gasteiger partial charge in [0.05, 0.1) is 11.6 Å². The summed E-state index contributed by atoms with van der Waals surface area (Å²) >= 11 is 5.96. The van der Waals surface area contributed by atoms with Crippen LogP contribution < -0.4 is 0 Å². The fourth-order valence-corrected chi connectivity index (χ4v) is 7.42. The van der Waals surface area contributed by atoms with Crippen molar-refractivity contribution in [2.45, 2.75) is 186 Å². The quantitative estimate of drug-likeness (QED) is 0.135. The van der Waals surface area contributed by atoms with Gasteiger partial charge >= 0.3 is 0 Å². The number of halogens is 10. The number of nitrogens with zero attached hydrogens (tertiary/aromatic N) is 2. The van der Waals surface area contributed by atoms with Crippen molar-refractivity contribution in [3.8, 4) is 6.07 Å². The van der Waals surface area contributed by atoms with Gasteiger partial charge in [-0.15, -0.1) is 0 Å². The summed E-state index contributed by atoms with van der Waals surface area (Å²) in [5.41, 5.74) is 10.6. The Morgan fingerprint density at radius 1 is 0.390 bits per heavy atom. The first-order valence-electron chi connectivity index (χ1n) is 27.7. The summed E-state index contributed by atoms with van der Waals surface area (Å²) in [6.07, 6.45) is -4.00. The van der Waals surface area contributed by atoms with Crippen molar-refractivity contribution in [2.75, 3.05) is 0 Å². The smallest absolute Gasteiger partial charge is 0.252 e. The van der Waals surface area contributed by atoms with Gasteiger partial charge in [0.2, 0.25) is 0 Å². The second kappa shape index (κ2) is 36.3. The number of hydrogen-bond donors (Lipinski definition) is 0. The van der Waals surface area contributed by atoms with Gasteiger partial charge in [0.15, 0.2) is 5.82 Å². The Balaban J connectivity index is 0.000000479. The molecule has 446 valence electrons. The molecule has 0 radical (unpaired) electrons. The Morgan fingerprint density at radius 3 is 1.18 bits per heavy atom. The molecule has 7 rings (SSSR count). The highest BCUT2D eigenvalue weighted by Crippen LogP contribution is 2.28. The molecule has 0 N–H and O–H groups in total. The predicted octanol–water partition coefficient (Wildman–Crippen LogP) is 23.7. The van der Waals surface area contributed by atoms with Crippen LogP contribution in [0.4, 0.5) is 39.5 Å². The van der Waals surface area contributed by atoms with E-state index in [-0.39, 0.29) is 40.2 Å². The third-order valence-corrected chi connectivity index (χ3v) is 13.7. The molecule has 0 fully saturated rings. The first kappa shape index (κ1) is 73.6. The first-order valence-corrected chi connectivity index (χ1v) is 28.1.